The number of aliphatic hydroxyl groups excluding tert-OH is 1. The first-order chi connectivity index (χ1) is 8.43. The molecule has 0 radical (unpaired) electrons. The highest BCUT2D eigenvalue weighted by Crippen LogP contribution is 2.21. The lowest BCUT2D eigenvalue weighted by molar-refractivity contribution is 0.138. The fourth-order valence-corrected chi connectivity index (χ4v) is 1.99. The maximum absolute atomic E-state index is 9.36. The summed E-state index contributed by atoms with van der Waals surface area (Å²) in [6.07, 6.45) is -0.361. The molecule has 4 nitrogen and oxygen atoms in total. The lowest BCUT2D eigenvalue weighted by atomic mass is 10.1. The van der Waals surface area contributed by atoms with Crippen molar-refractivity contribution in [1.82, 2.24) is 4.90 Å². The Morgan fingerprint density at radius 3 is 2.72 bits per heavy atom. The third-order valence-corrected chi connectivity index (χ3v) is 2.82. The standard InChI is InChI=1S/C13H20N2O2S/c1-9(16)7-15(2)8-11-6-10(13(14)18)4-5-12(11)17-3/h4-6,9,16H,7-8H2,1-3H3,(H2,14,18). The van der Waals surface area contributed by atoms with Crippen LogP contribution in [0.4, 0.5) is 0 Å². The van der Waals surface area contributed by atoms with Crippen molar-refractivity contribution in [2.75, 3.05) is 20.7 Å². The molecule has 100 valence electrons. The zero-order valence-corrected chi connectivity index (χ0v) is 11.8. The minimum absolute atomic E-state index is 0.361. The van der Waals surface area contributed by atoms with E-state index in [1.54, 1.807) is 14.0 Å². The average Bonchev–Trinajstić information content (AvgIpc) is 2.27. The third kappa shape index (κ3) is 4.25. The second-order valence-corrected chi connectivity index (χ2v) is 4.88. The third-order valence-electron chi connectivity index (χ3n) is 2.58. The molecule has 0 fully saturated rings. The van der Waals surface area contributed by atoms with E-state index in [1.165, 1.54) is 0 Å². The molecular weight excluding hydrogens is 248 g/mol. The Balaban J connectivity index is 2.90. The predicted molar refractivity (Wildman–Crippen MR) is 76.9 cm³/mol. The normalized spacial score (nSPS) is 12.5. The van der Waals surface area contributed by atoms with Crippen LogP contribution in [-0.2, 0) is 6.54 Å². The molecule has 0 saturated heterocycles. The van der Waals surface area contributed by atoms with Crippen molar-refractivity contribution in [3.63, 3.8) is 0 Å². The molecule has 0 aliphatic carbocycles. The van der Waals surface area contributed by atoms with E-state index in [0.29, 0.717) is 18.1 Å². The highest BCUT2D eigenvalue weighted by atomic mass is 32.1. The van der Waals surface area contributed by atoms with Crippen LogP contribution < -0.4 is 10.5 Å². The number of nitrogens with zero attached hydrogens (tertiary/aromatic N) is 1. The summed E-state index contributed by atoms with van der Waals surface area (Å²) in [4.78, 5) is 2.39. The second-order valence-electron chi connectivity index (χ2n) is 4.44. The fourth-order valence-electron chi connectivity index (χ4n) is 1.86. The van der Waals surface area contributed by atoms with Gasteiger partial charge in [-0.25, -0.2) is 0 Å². The van der Waals surface area contributed by atoms with Crippen molar-refractivity contribution in [2.45, 2.75) is 19.6 Å². The zero-order chi connectivity index (χ0) is 13.7. The topological polar surface area (TPSA) is 58.7 Å². The molecule has 0 amide bonds. The maximum Gasteiger partial charge on any atom is 0.123 e. The van der Waals surface area contributed by atoms with E-state index in [-0.39, 0.29) is 6.10 Å². The molecule has 0 aromatic heterocycles. The summed E-state index contributed by atoms with van der Waals surface area (Å²) in [5.41, 5.74) is 7.45. The molecule has 1 aromatic rings. The molecular formula is C13H20N2O2S. The molecule has 18 heavy (non-hydrogen) atoms. The fraction of sp³-hybridized carbons (Fsp3) is 0.462. The van der Waals surface area contributed by atoms with Gasteiger partial charge in [-0.05, 0) is 32.2 Å². The van der Waals surface area contributed by atoms with Crippen LogP contribution in [0.1, 0.15) is 18.1 Å². The van der Waals surface area contributed by atoms with Gasteiger partial charge in [0.15, 0.2) is 0 Å². The van der Waals surface area contributed by atoms with E-state index in [1.807, 2.05) is 30.1 Å². The Kier molecular flexibility index (Phi) is 5.53. The van der Waals surface area contributed by atoms with Crippen LogP contribution in [0.15, 0.2) is 18.2 Å². The second kappa shape index (κ2) is 6.68. The minimum Gasteiger partial charge on any atom is -0.496 e. The number of likely N-dealkylation sites (N-methyl/N-ethyl adjacent to an activating group) is 1. The van der Waals surface area contributed by atoms with Crippen molar-refractivity contribution in [3.8, 4) is 5.75 Å². The van der Waals surface area contributed by atoms with Gasteiger partial charge in [-0.3, -0.25) is 4.90 Å². The van der Waals surface area contributed by atoms with Gasteiger partial charge in [0.05, 0.1) is 13.2 Å². The van der Waals surface area contributed by atoms with Gasteiger partial charge in [-0.2, -0.15) is 0 Å². The Morgan fingerprint density at radius 2 is 2.22 bits per heavy atom. The van der Waals surface area contributed by atoms with Crippen molar-refractivity contribution in [2.24, 2.45) is 5.73 Å². The number of hydrogen-bond acceptors (Lipinski definition) is 4. The van der Waals surface area contributed by atoms with Crippen LogP contribution in [0.3, 0.4) is 0 Å². The van der Waals surface area contributed by atoms with Gasteiger partial charge < -0.3 is 15.6 Å². The van der Waals surface area contributed by atoms with E-state index in [9.17, 15) is 5.11 Å². The number of rotatable bonds is 6. The predicted octanol–water partition coefficient (Wildman–Crippen LogP) is 1.14. The summed E-state index contributed by atoms with van der Waals surface area (Å²) in [6.45, 7) is 3.03. The molecule has 1 aromatic carbocycles. The van der Waals surface area contributed by atoms with E-state index >= 15 is 0 Å². The first-order valence-electron chi connectivity index (χ1n) is 5.77. The van der Waals surface area contributed by atoms with Crippen molar-refractivity contribution >= 4 is 17.2 Å². The lowest BCUT2D eigenvalue weighted by Gasteiger charge is -2.20. The van der Waals surface area contributed by atoms with Crippen molar-refractivity contribution in [1.29, 1.82) is 0 Å². The monoisotopic (exact) mass is 268 g/mol. The van der Waals surface area contributed by atoms with Gasteiger partial charge >= 0.3 is 0 Å². The Bertz CT molecular complexity index is 421. The molecule has 0 bridgehead atoms. The number of aliphatic hydroxyl groups is 1. The van der Waals surface area contributed by atoms with Gasteiger partial charge in [0.25, 0.3) is 0 Å². The molecule has 0 saturated carbocycles. The smallest absolute Gasteiger partial charge is 0.123 e. The van der Waals surface area contributed by atoms with E-state index < -0.39 is 0 Å². The molecule has 1 rings (SSSR count). The molecule has 1 atom stereocenters. The zero-order valence-electron chi connectivity index (χ0n) is 11.0. The van der Waals surface area contributed by atoms with Crippen LogP contribution in [0.5, 0.6) is 5.75 Å². The quantitative estimate of drug-likeness (QED) is 0.758. The Hall–Kier alpha value is -1.17. The van der Waals surface area contributed by atoms with Crippen LogP contribution in [0.25, 0.3) is 0 Å². The van der Waals surface area contributed by atoms with Crippen LogP contribution >= 0.6 is 12.2 Å². The largest absolute Gasteiger partial charge is 0.496 e. The number of nitrogens with two attached hydrogens (primary N) is 1. The van der Waals surface area contributed by atoms with Crippen molar-refractivity contribution in [3.05, 3.63) is 29.3 Å². The number of methoxy groups -OCH3 is 1. The summed E-state index contributed by atoms with van der Waals surface area (Å²) in [6, 6.07) is 5.64. The van der Waals surface area contributed by atoms with Gasteiger partial charge in [-0.1, -0.05) is 12.2 Å². The Morgan fingerprint density at radius 1 is 1.56 bits per heavy atom. The minimum atomic E-state index is -0.361. The van der Waals surface area contributed by atoms with Gasteiger partial charge in [0.2, 0.25) is 0 Å². The SMILES string of the molecule is COc1ccc(C(N)=S)cc1CN(C)CC(C)O. The first kappa shape index (κ1) is 14.9. The van der Waals surface area contributed by atoms with E-state index in [2.05, 4.69) is 0 Å². The number of hydrogen-bond donors (Lipinski definition) is 2. The van der Waals surface area contributed by atoms with Gasteiger partial charge in [0, 0.05) is 24.2 Å². The highest BCUT2D eigenvalue weighted by molar-refractivity contribution is 7.80. The van der Waals surface area contributed by atoms with Crippen molar-refractivity contribution < 1.29 is 9.84 Å². The lowest BCUT2D eigenvalue weighted by Crippen LogP contribution is -2.27. The summed E-state index contributed by atoms with van der Waals surface area (Å²) < 4.78 is 5.31. The van der Waals surface area contributed by atoms with Gasteiger partial charge in [0.1, 0.15) is 10.7 Å². The summed E-state index contributed by atoms with van der Waals surface area (Å²) >= 11 is 4.97. The van der Waals surface area contributed by atoms with Crippen LogP contribution in [-0.4, -0.2) is 41.8 Å². The van der Waals surface area contributed by atoms with Crippen LogP contribution in [0, 0.1) is 0 Å². The summed E-state index contributed by atoms with van der Waals surface area (Å²) in [7, 11) is 3.58. The number of thiocarbonyl (C=S) groups is 1. The molecule has 1 unspecified atom stereocenters. The first-order valence-corrected chi connectivity index (χ1v) is 6.18. The molecule has 5 heteroatoms. The molecule has 0 heterocycles. The highest BCUT2D eigenvalue weighted by Gasteiger charge is 2.10. The molecule has 0 aliphatic rings. The van der Waals surface area contributed by atoms with Gasteiger partial charge in [-0.15, -0.1) is 0 Å². The molecule has 0 spiro atoms. The Labute approximate surface area is 113 Å². The number of ether oxygens (including phenoxy) is 1. The number of benzene rings is 1. The van der Waals surface area contributed by atoms with Crippen LogP contribution in [0.2, 0.25) is 0 Å². The summed E-state index contributed by atoms with van der Waals surface area (Å²) in [5, 5.41) is 9.36. The average molecular weight is 268 g/mol. The summed E-state index contributed by atoms with van der Waals surface area (Å²) in [5.74, 6) is 0.799. The van der Waals surface area contributed by atoms with E-state index in [0.717, 1.165) is 16.9 Å². The molecule has 0 aliphatic heterocycles. The van der Waals surface area contributed by atoms with E-state index in [4.69, 9.17) is 22.7 Å². The maximum atomic E-state index is 9.36. The molecule has 3 N–H and O–H groups in total.